The van der Waals surface area contributed by atoms with E-state index < -0.39 is 12.0 Å². The van der Waals surface area contributed by atoms with Crippen LogP contribution in [0.2, 0.25) is 0 Å². The maximum atomic E-state index is 11.8. The average molecular weight is 409 g/mol. The number of hydrogen-bond acceptors (Lipinski definition) is 4. The van der Waals surface area contributed by atoms with Gasteiger partial charge in [-0.2, -0.15) is 0 Å². The minimum atomic E-state index is -1.05. The topological polar surface area (TPSA) is 98.1 Å². The Hall–Kier alpha value is -1.28. The summed E-state index contributed by atoms with van der Waals surface area (Å²) in [5.41, 5.74) is 0.508. The molecule has 108 valence electrons. The first-order chi connectivity index (χ1) is 9.32. The minimum absolute atomic E-state index is 0.0445. The van der Waals surface area contributed by atoms with Gasteiger partial charge in [0, 0.05) is 17.4 Å². The Morgan fingerprint density at radius 2 is 2.00 bits per heavy atom. The van der Waals surface area contributed by atoms with Crippen LogP contribution in [-0.2, 0) is 16.1 Å². The molecule has 1 heterocycles. The van der Waals surface area contributed by atoms with Crippen molar-refractivity contribution < 1.29 is 24.9 Å². The quantitative estimate of drug-likeness (QED) is 0.666. The van der Waals surface area contributed by atoms with E-state index in [0.717, 1.165) is 0 Å². The molecule has 3 N–H and O–H groups in total. The van der Waals surface area contributed by atoms with Gasteiger partial charge >= 0.3 is 5.97 Å². The highest BCUT2D eigenvalue weighted by Gasteiger charge is 2.36. The molecule has 1 atom stereocenters. The van der Waals surface area contributed by atoms with Gasteiger partial charge in [-0.3, -0.25) is 4.79 Å². The Balaban J connectivity index is 2.34. The molecule has 0 aliphatic carbocycles. The van der Waals surface area contributed by atoms with Gasteiger partial charge < -0.3 is 20.2 Å². The number of amides is 1. The summed E-state index contributed by atoms with van der Waals surface area (Å²) in [5.74, 6) is -1.95. The van der Waals surface area contributed by atoms with E-state index in [9.17, 15) is 19.8 Å². The molecule has 0 radical (unpaired) electrons. The molecule has 20 heavy (non-hydrogen) atoms. The zero-order valence-corrected chi connectivity index (χ0v) is 13.3. The van der Waals surface area contributed by atoms with Crippen molar-refractivity contribution in [3.05, 3.63) is 20.6 Å². The number of aromatic hydroxyl groups is 2. The third-order valence-corrected chi connectivity index (χ3v) is 5.40. The second-order valence-electron chi connectivity index (χ2n) is 4.45. The molecular weight excluding hydrogens is 398 g/mol. The predicted molar refractivity (Wildman–Crippen MR) is 76.4 cm³/mol. The Bertz CT molecular complexity index is 590. The van der Waals surface area contributed by atoms with Gasteiger partial charge in [0.2, 0.25) is 5.91 Å². The van der Waals surface area contributed by atoms with E-state index in [1.807, 2.05) is 0 Å². The van der Waals surface area contributed by atoms with Crippen molar-refractivity contribution in [3.8, 4) is 11.5 Å². The molecule has 0 spiro atoms. The van der Waals surface area contributed by atoms with Crippen LogP contribution in [0.1, 0.15) is 18.4 Å². The van der Waals surface area contributed by atoms with E-state index in [1.165, 1.54) is 11.0 Å². The Labute approximate surface area is 131 Å². The van der Waals surface area contributed by atoms with Crippen LogP contribution in [0.4, 0.5) is 0 Å². The second-order valence-corrected chi connectivity index (χ2v) is 6.03. The maximum absolute atomic E-state index is 11.8. The van der Waals surface area contributed by atoms with Crippen molar-refractivity contribution in [3.63, 3.8) is 0 Å². The standard InChI is InChI=1S/C12H11Br2NO5/c13-9-5(3-7(16)11(18)10(9)14)4-15-6(12(19)20)1-2-8(15)17/h3,6,16,18H,1-2,4H2,(H,19,20)/t6-/m1/s1. The SMILES string of the molecule is O=C(O)[C@H]1CCC(=O)N1Cc1cc(O)c(O)c(Br)c1Br. The number of carbonyl (C=O) groups excluding carboxylic acids is 1. The Kier molecular flexibility index (Phi) is 4.24. The lowest BCUT2D eigenvalue weighted by Crippen LogP contribution is -2.38. The molecule has 0 aromatic heterocycles. The number of likely N-dealkylation sites (tertiary alicyclic amines) is 1. The van der Waals surface area contributed by atoms with Crippen LogP contribution >= 0.6 is 31.9 Å². The highest BCUT2D eigenvalue weighted by molar-refractivity contribution is 9.13. The second kappa shape index (κ2) is 5.61. The van der Waals surface area contributed by atoms with Crippen LogP contribution in [0.3, 0.4) is 0 Å². The van der Waals surface area contributed by atoms with E-state index in [4.69, 9.17) is 5.11 Å². The number of phenols is 2. The monoisotopic (exact) mass is 407 g/mol. The summed E-state index contributed by atoms with van der Waals surface area (Å²) in [5, 5.41) is 28.3. The maximum Gasteiger partial charge on any atom is 0.326 e. The third-order valence-electron chi connectivity index (χ3n) is 3.19. The van der Waals surface area contributed by atoms with Crippen LogP contribution in [0, 0.1) is 0 Å². The molecule has 1 saturated heterocycles. The van der Waals surface area contributed by atoms with E-state index in [2.05, 4.69) is 31.9 Å². The number of nitrogens with zero attached hydrogens (tertiary/aromatic N) is 1. The van der Waals surface area contributed by atoms with Gasteiger partial charge in [0.25, 0.3) is 0 Å². The summed E-state index contributed by atoms with van der Waals surface area (Å²) in [7, 11) is 0. The molecule has 1 amide bonds. The number of rotatable bonds is 3. The van der Waals surface area contributed by atoms with Crippen molar-refractivity contribution >= 4 is 43.7 Å². The molecule has 0 unspecified atom stereocenters. The van der Waals surface area contributed by atoms with Gasteiger partial charge in [-0.05, 0) is 49.9 Å². The summed E-state index contributed by atoms with van der Waals surface area (Å²) in [6.45, 7) is 0.0445. The molecule has 0 bridgehead atoms. The summed E-state index contributed by atoms with van der Waals surface area (Å²) in [4.78, 5) is 24.1. The summed E-state index contributed by atoms with van der Waals surface area (Å²) < 4.78 is 0.725. The fraction of sp³-hybridized carbons (Fsp3) is 0.333. The Morgan fingerprint density at radius 3 is 2.60 bits per heavy atom. The number of aliphatic carboxylic acids is 1. The van der Waals surface area contributed by atoms with Crippen molar-refractivity contribution in [2.75, 3.05) is 0 Å². The number of halogens is 2. The third kappa shape index (κ3) is 2.62. The van der Waals surface area contributed by atoms with Crippen LogP contribution in [0.25, 0.3) is 0 Å². The van der Waals surface area contributed by atoms with Crippen LogP contribution < -0.4 is 0 Å². The smallest absolute Gasteiger partial charge is 0.326 e. The first-order valence-corrected chi connectivity index (χ1v) is 7.32. The van der Waals surface area contributed by atoms with Crippen molar-refractivity contribution in [1.82, 2.24) is 4.90 Å². The van der Waals surface area contributed by atoms with Gasteiger partial charge in [-0.25, -0.2) is 4.79 Å². The van der Waals surface area contributed by atoms with Gasteiger partial charge in [0.15, 0.2) is 11.5 Å². The van der Waals surface area contributed by atoms with Crippen molar-refractivity contribution in [2.45, 2.75) is 25.4 Å². The summed E-state index contributed by atoms with van der Waals surface area (Å²) in [6, 6.07) is 0.443. The van der Waals surface area contributed by atoms with Gasteiger partial charge in [-0.1, -0.05) is 0 Å². The Morgan fingerprint density at radius 1 is 1.35 bits per heavy atom. The zero-order chi connectivity index (χ0) is 15.0. The lowest BCUT2D eigenvalue weighted by Gasteiger charge is -2.22. The largest absolute Gasteiger partial charge is 0.504 e. The highest BCUT2D eigenvalue weighted by Crippen LogP contribution is 2.42. The number of carboxylic acids is 1. The first kappa shape index (κ1) is 15.1. The van der Waals surface area contributed by atoms with Crippen LogP contribution in [0.5, 0.6) is 11.5 Å². The average Bonchev–Trinajstić information content (AvgIpc) is 2.75. The number of hydrogen-bond donors (Lipinski definition) is 3. The molecule has 2 rings (SSSR count). The lowest BCUT2D eigenvalue weighted by molar-refractivity contribution is -0.146. The molecule has 8 heteroatoms. The molecule has 0 saturated carbocycles. The fourth-order valence-corrected chi connectivity index (χ4v) is 3.03. The molecule has 1 aliphatic rings. The normalized spacial score (nSPS) is 18.6. The van der Waals surface area contributed by atoms with E-state index in [0.29, 0.717) is 10.0 Å². The minimum Gasteiger partial charge on any atom is -0.504 e. The van der Waals surface area contributed by atoms with E-state index in [-0.39, 0.29) is 41.3 Å². The van der Waals surface area contributed by atoms with Crippen molar-refractivity contribution in [1.29, 1.82) is 0 Å². The molecule has 1 fully saturated rings. The van der Waals surface area contributed by atoms with E-state index >= 15 is 0 Å². The first-order valence-electron chi connectivity index (χ1n) is 5.74. The number of phenolic OH excluding ortho intramolecular Hbond substituents is 2. The molecule has 6 nitrogen and oxygen atoms in total. The van der Waals surface area contributed by atoms with E-state index in [1.54, 1.807) is 0 Å². The lowest BCUT2D eigenvalue weighted by atomic mass is 10.1. The van der Waals surface area contributed by atoms with Crippen LogP contribution in [0.15, 0.2) is 15.0 Å². The summed E-state index contributed by atoms with van der Waals surface area (Å²) in [6.07, 6.45) is 0.469. The highest BCUT2D eigenvalue weighted by atomic mass is 79.9. The molecule has 1 aliphatic heterocycles. The van der Waals surface area contributed by atoms with Gasteiger partial charge in [-0.15, -0.1) is 0 Å². The number of carbonyl (C=O) groups is 2. The fourth-order valence-electron chi connectivity index (χ4n) is 2.14. The zero-order valence-electron chi connectivity index (χ0n) is 10.1. The van der Waals surface area contributed by atoms with Crippen molar-refractivity contribution in [2.24, 2.45) is 0 Å². The summed E-state index contributed by atoms with van der Waals surface area (Å²) >= 11 is 6.36. The van der Waals surface area contributed by atoms with Gasteiger partial charge in [0.05, 0.1) is 4.47 Å². The van der Waals surface area contributed by atoms with Crippen LogP contribution in [-0.4, -0.2) is 38.1 Å². The molecule has 1 aromatic rings. The van der Waals surface area contributed by atoms with Gasteiger partial charge in [0.1, 0.15) is 6.04 Å². The predicted octanol–water partition coefficient (Wildman–Crippen LogP) is 2.20. The molecule has 1 aromatic carbocycles. The number of benzene rings is 1. The number of carboxylic acid groups (broad SMARTS) is 1. The molecular formula is C12H11Br2NO5.